The Labute approximate surface area is 129 Å². The minimum absolute atomic E-state index is 0.0257. The number of benzene rings is 1. The van der Waals surface area contributed by atoms with Crippen LogP contribution in [0.3, 0.4) is 0 Å². The quantitative estimate of drug-likeness (QED) is 0.852. The molecule has 21 heavy (non-hydrogen) atoms. The lowest BCUT2D eigenvalue weighted by Gasteiger charge is -2.44. The van der Waals surface area contributed by atoms with Crippen molar-refractivity contribution in [3.05, 3.63) is 35.4 Å². The van der Waals surface area contributed by atoms with E-state index in [1.54, 1.807) is 11.1 Å². The summed E-state index contributed by atoms with van der Waals surface area (Å²) in [6.45, 7) is 6.59. The van der Waals surface area contributed by atoms with Gasteiger partial charge in [0.1, 0.15) is 0 Å². The Bertz CT molecular complexity index is 464. The molecule has 3 atom stereocenters. The number of hydrogen-bond acceptors (Lipinski definition) is 2. The number of nitrogens with one attached hydrogen (secondary N) is 1. The highest BCUT2D eigenvalue weighted by Crippen LogP contribution is 2.41. The van der Waals surface area contributed by atoms with Crippen LogP contribution in [0.5, 0.6) is 0 Å². The predicted molar refractivity (Wildman–Crippen MR) is 87.8 cm³/mol. The molecule has 1 saturated heterocycles. The molecule has 0 radical (unpaired) electrons. The van der Waals surface area contributed by atoms with Crippen molar-refractivity contribution in [2.24, 2.45) is 0 Å². The van der Waals surface area contributed by atoms with Gasteiger partial charge in [-0.1, -0.05) is 31.2 Å². The molecule has 0 amide bonds. The summed E-state index contributed by atoms with van der Waals surface area (Å²) in [5, 5.41) is 3.78. The summed E-state index contributed by atoms with van der Waals surface area (Å²) in [4.78, 5) is 0. The van der Waals surface area contributed by atoms with E-state index >= 15 is 0 Å². The molecule has 1 heterocycles. The van der Waals surface area contributed by atoms with E-state index in [9.17, 15) is 0 Å². The van der Waals surface area contributed by atoms with E-state index in [4.69, 9.17) is 4.74 Å². The molecule has 1 fully saturated rings. The second-order valence-corrected chi connectivity index (χ2v) is 6.96. The lowest BCUT2D eigenvalue weighted by Crippen LogP contribution is -2.53. The third kappa shape index (κ3) is 3.17. The van der Waals surface area contributed by atoms with Crippen LogP contribution in [-0.4, -0.2) is 24.8 Å². The van der Waals surface area contributed by atoms with Gasteiger partial charge in [-0.15, -0.1) is 0 Å². The van der Waals surface area contributed by atoms with Gasteiger partial charge in [-0.05, 0) is 69.0 Å². The largest absolute Gasteiger partial charge is 0.374 e. The Kier molecular flexibility index (Phi) is 4.66. The number of ether oxygens (including phenoxy) is 1. The average Bonchev–Trinajstić information content (AvgIpc) is 2.48. The molecule has 2 nitrogen and oxygen atoms in total. The second kappa shape index (κ2) is 6.50. The molecule has 1 aromatic carbocycles. The van der Waals surface area contributed by atoms with Crippen molar-refractivity contribution in [2.75, 3.05) is 13.2 Å². The third-order valence-corrected chi connectivity index (χ3v) is 5.36. The lowest BCUT2D eigenvalue weighted by molar-refractivity contribution is -0.0914. The van der Waals surface area contributed by atoms with Crippen LogP contribution in [-0.2, 0) is 11.2 Å². The van der Waals surface area contributed by atoms with Gasteiger partial charge in [0.25, 0.3) is 0 Å². The fourth-order valence-corrected chi connectivity index (χ4v) is 3.95. The first-order valence-electron chi connectivity index (χ1n) is 8.68. The van der Waals surface area contributed by atoms with E-state index in [-0.39, 0.29) is 5.60 Å². The van der Waals surface area contributed by atoms with Crippen molar-refractivity contribution in [2.45, 2.75) is 69.9 Å². The Hall–Kier alpha value is -0.860. The first kappa shape index (κ1) is 15.1. The van der Waals surface area contributed by atoms with Crippen LogP contribution in [0.4, 0.5) is 0 Å². The molecule has 3 rings (SSSR count). The number of fused-ring (bicyclic) bond motifs is 1. The fourth-order valence-electron chi connectivity index (χ4n) is 3.95. The average molecular weight is 287 g/mol. The van der Waals surface area contributed by atoms with E-state index in [0.29, 0.717) is 6.04 Å². The van der Waals surface area contributed by atoms with Crippen LogP contribution in [0.1, 0.15) is 63.0 Å². The van der Waals surface area contributed by atoms with Crippen molar-refractivity contribution >= 4 is 0 Å². The SMILES string of the molecule is CCCNC(CC1Cc2ccccc21)C1(C)CCCCO1. The normalized spacial score (nSPS) is 29.5. The van der Waals surface area contributed by atoms with Gasteiger partial charge < -0.3 is 10.1 Å². The van der Waals surface area contributed by atoms with Crippen molar-refractivity contribution in [1.82, 2.24) is 5.32 Å². The number of hydrogen-bond donors (Lipinski definition) is 1. The molecule has 2 heteroatoms. The van der Waals surface area contributed by atoms with Gasteiger partial charge in [-0.25, -0.2) is 0 Å². The van der Waals surface area contributed by atoms with Crippen LogP contribution in [0.2, 0.25) is 0 Å². The van der Waals surface area contributed by atoms with Gasteiger partial charge in [-0.3, -0.25) is 0 Å². The zero-order chi connectivity index (χ0) is 14.7. The molecule has 1 aliphatic heterocycles. The summed E-state index contributed by atoms with van der Waals surface area (Å²) < 4.78 is 6.22. The Morgan fingerprint density at radius 3 is 2.90 bits per heavy atom. The molecule has 0 saturated carbocycles. The van der Waals surface area contributed by atoms with Gasteiger partial charge >= 0.3 is 0 Å². The maximum atomic E-state index is 6.22. The highest BCUT2D eigenvalue weighted by molar-refractivity contribution is 5.40. The zero-order valence-electron chi connectivity index (χ0n) is 13.5. The molecule has 2 aliphatic rings. The molecule has 3 unspecified atom stereocenters. The topological polar surface area (TPSA) is 21.3 Å². The highest BCUT2D eigenvalue weighted by Gasteiger charge is 2.39. The monoisotopic (exact) mass is 287 g/mol. The van der Waals surface area contributed by atoms with Gasteiger partial charge in [0.2, 0.25) is 0 Å². The summed E-state index contributed by atoms with van der Waals surface area (Å²) in [5.41, 5.74) is 3.14. The van der Waals surface area contributed by atoms with Crippen LogP contribution in [0.15, 0.2) is 24.3 Å². The lowest BCUT2D eigenvalue weighted by atomic mass is 9.71. The maximum absolute atomic E-state index is 6.22. The standard InChI is InChI=1S/C19H29NO/c1-3-11-20-18(19(2)10-6-7-12-21-19)14-16-13-15-8-4-5-9-17(15)16/h4-5,8-9,16,18,20H,3,6-7,10-14H2,1-2H3. The van der Waals surface area contributed by atoms with Gasteiger partial charge in [0.05, 0.1) is 5.60 Å². The molecule has 1 aromatic rings. The van der Waals surface area contributed by atoms with E-state index in [1.165, 1.54) is 38.5 Å². The van der Waals surface area contributed by atoms with Crippen LogP contribution in [0, 0.1) is 0 Å². The van der Waals surface area contributed by atoms with E-state index in [2.05, 4.69) is 43.4 Å². The fraction of sp³-hybridized carbons (Fsp3) is 0.684. The summed E-state index contributed by atoms with van der Waals surface area (Å²) >= 11 is 0. The summed E-state index contributed by atoms with van der Waals surface area (Å²) in [5.74, 6) is 0.720. The number of rotatable bonds is 6. The minimum atomic E-state index is 0.0257. The van der Waals surface area contributed by atoms with Crippen molar-refractivity contribution in [1.29, 1.82) is 0 Å². The van der Waals surface area contributed by atoms with Crippen LogP contribution >= 0.6 is 0 Å². The predicted octanol–water partition coefficient (Wildman–Crippen LogP) is 4.04. The smallest absolute Gasteiger partial charge is 0.0806 e. The minimum Gasteiger partial charge on any atom is -0.374 e. The van der Waals surface area contributed by atoms with Gasteiger partial charge in [-0.2, -0.15) is 0 Å². The molecular weight excluding hydrogens is 258 g/mol. The van der Waals surface area contributed by atoms with E-state index in [1.807, 2.05) is 0 Å². The Morgan fingerprint density at radius 2 is 2.19 bits per heavy atom. The maximum Gasteiger partial charge on any atom is 0.0806 e. The van der Waals surface area contributed by atoms with Crippen molar-refractivity contribution < 1.29 is 4.74 Å². The molecule has 0 aromatic heterocycles. The van der Waals surface area contributed by atoms with Crippen LogP contribution < -0.4 is 5.32 Å². The summed E-state index contributed by atoms with van der Waals surface area (Å²) in [7, 11) is 0. The summed E-state index contributed by atoms with van der Waals surface area (Å²) in [6.07, 6.45) is 7.38. The Balaban J connectivity index is 1.68. The molecule has 1 N–H and O–H groups in total. The van der Waals surface area contributed by atoms with E-state index < -0.39 is 0 Å². The molecule has 0 bridgehead atoms. The molecule has 116 valence electrons. The second-order valence-electron chi connectivity index (χ2n) is 6.96. The van der Waals surface area contributed by atoms with Gasteiger partial charge in [0.15, 0.2) is 0 Å². The molecular formula is C19H29NO. The van der Waals surface area contributed by atoms with E-state index in [0.717, 1.165) is 19.1 Å². The molecule has 0 spiro atoms. The Morgan fingerprint density at radius 1 is 1.33 bits per heavy atom. The molecule has 1 aliphatic carbocycles. The van der Waals surface area contributed by atoms with Crippen molar-refractivity contribution in [3.63, 3.8) is 0 Å². The first-order chi connectivity index (χ1) is 10.2. The first-order valence-corrected chi connectivity index (χ1v) is 8.68. The van der Waals surface area contributed by atoms with Crippen LogP contribution in [0.25, 0.3) is 0 Å². The summed E-state index contributed by atoms with van der Waals surface area (Å²) in [6, 6.07) is 9.41. The zero-order valence-corrected chi connectivity index (χ0v) is 13.5. The third-order valence-electron chi connectivity index (χ3n) is 5.36. The van der Waals surface area contributed by atoms with Gasteiger partial charge in [0, 0.05) is 12.6 Å². The highest BCUT2D eigenvalue weighted by atomic mass is 16.5. The van der Waals surface area contributed by atoms with Crippen molar-refractivity contribution in [3.8, 4) is 0 Å².